The van der Waals surface area contributed by atoms with Crippen molar-refractivity contribution in [2.24, 2.45) is 11.8 Å². The fourth-order valence-corrected chi connectivity index (χ4v) is 5.32. The van der Waals surface area contributed by atoms with Gasteiger partial charge in [0.15, 0.2) is 17.5 Å². The number of Topliss-reactive ketones (excluding diaryl/α,β-unsaturated/α-hetero) is 2. The van der Waals surface area contributed by atoms with Crippen molar-refractivity contribution in [2.75, 3.05) is 0 Å². The molecule has 2 aromatic rings. The lowest BCUT2D eigenvalue weighted by Gasteiger charge is -2.42. The van der Waals surface area contributed by atoms with E-state index < -0.39 is 17.5 Å². The Morgan fingerprint density at radius 1 is 1.00 bits per heavy atom. The van der Waals surface area contributed by atoms with Crippen LogP contribution in [0, 0.1) is 11.8 Å². The third-order valence-electron chi connectivity index (χ3n) is 6.70. The van der Waals surface area contributed by atoms with Crippen molar-refractivity contribution in [3.05, 3.63) is 70.7 Å². The molecule has 4 rings (SSSR count). The SMILES string of the molecule is O=C(Cc1ccccc1)C1C(=O)CC(CCc2cccc(Cl)c2)(C2CCCC2)OC1=O. The lowest BCUT2D eigenvalue weighted by Crippen LogP contribution is -2.53. The summed E-state index contributed by atoms with van der Waals surface area (Å²) in [6.07, 6.45) is 5.45. The van der Waals surface area contributed by atoms with Gasteiger partial charge >= 0.3 is 5.97 Å². The quantitative estimate of drug-likeness (QED) is 0.443. The largest absolute Gasteiger partial charge is 0.457 e. The Balaban J connectivity index is 1.52. The van der Waals surface area contributed by atoms with Crippen LogP contribution in [0.4, 0.5) is 0 Å². The van der Waals surface area contributed by atoms with E-state index in [4.69, 9.17) is 16.3 Å². The van der Waals surface area contributed by atoms with Crippen molar-refractivity contribution < 1.29 is 19.1 Å². The molecular formula is C26H27ClO4. The molecule has 0 spiro atoms. The van der Waals surface area contributed by atoms with E-state index in [1.54, 1.807) is 0 Å². The van der Waals surface area contributed by atoms with Gasteiger partial charge in [-0.3, -0.25) is 14.4 Å². The third kappa shape index (κ3) is 4.90. The van der Waals surface area contributed by atoms with Crippen LogP contribution in [-0.2, 0) is 32.0 Å². The van der Waals surface area contributed by atoms with Crippen LogP contribution >= 0.6 is 11.6 Å². The highest BCUT2D eigenvalue weighted by molar-refractivity contribution is 6.30. The van der Waals surface area contributed by atoms with Crippen LogP contribution in [0.2, 0.25) is 5.02 Å². The second-order valence-corrected chi connectivity index (χ2v) is 9.24. The molecule has 1 aliphatic heterocycles. The van der Waals surface area contributed by atoms with Crippen molar-refractivity contribution in [2.45, 2.75) is 57.0 Å². The van der Waals surface area contributed by atoms with Gasteiger partial charge in [-0.2, -0.15) is 0 Å². The molecule has 2 fully saturated rings. The van der Waals surface area contributed by atoms with Crippen molar-refractivity contribution in [3.8, 4) is 0 Å². The first-order valence-corrected chi connectivity index (χ1v) is 11.4. The Hall–Kier alpha value is -2.46. The number of halogens is 1. The van der Waals surface area contributed by atoms with Gasteiger partial charge in [0, 0.05) is 17.9 Å². The molecule has 1 heterocycles. The molecule has 31 heavy (non-hydrogen) atoms. The summed E-state index contributed by atoms with van der Waals surface area (Å²) in [5, 5.41) is 0.663. The van der Waals surface area contributed by atoms with Crippen LogP contribution in [0.25, 0.3) is 0 Å². The van der Waals surface area contributed by atoms with Crippen molar-refractivity contribution in [1.82, 2.24) is 0 Å². The normalized spacial score (nSPS) is 24.2. The Labute approximate surface area is 187 Å². The molecule has 0 bridgehead atoms. The van der Waals surface area contributed by atoms with Crippen LogP contribution in [0.5, 0.6) is 0 Å². The van der Waals surface area contributed by atoms with Crippen LogP contribution in [0.1, 0.15) is 49.7 Å². The summed E-state index contributed by atoms with van der Waals surface area (Å²) in [5.41, 5.74) is 1.02. The van der Waals surface area contributed by atoms with E-state index >= 15 is 0 Å². The minimum atomic E-state index is -1.30. The summed E-state index contributed by atoms with van der Waals surface area (Å²) >= 11 is 6.12. The number of hydrogen-bond acceptors (Lipinski definition) is 4. The first-order valence-electron chi connectivity index (χ1n) is 11.0. The maximum absolute atomic E-state index is 13.1. The Morgan fingerprint density at radius 2 is 1.71 bits per heavy atom. The monoisotopic (exact) mass is 438 g/mol. The van der Waals surface area contributed by atoms with E-state index in [0.717, 1.165) is 36.8 Å². The minimum Gasteiger partial charge on any atom is -0.457 e. The molecule has 2 unspecified atom stereocenters. The van der Waals surface area contributed by atoms with Gasteiger partial charge in [-0.25, -0.2) is 0 Å². The van der Waals surface area contributed by atoms with Crippen LogP contribution in [0.3, 0.4) is 0 Å². The van der Waals surface area contributed by atoms with Gasteiger partial charge in [0.05, 0.1) is 0 Å². The Bertz CT molecular complexity index is 944. The van der Waals surface area contributed by atoms with E-state index in [2.05, 4.69) is 0 Å². The lowest BCUT2D eigenvalue weighted by atomic mass is 9.73. The molecule has 1 aliphatic carbocycles. The zero-order valence-corrected chi connectivity index (χ0v) is 18.3. The lowest BCUT2D eigenvalue weighted by molar-refractivity contribution is -0.186. The first-order chi connectivity index (χ1) is 15.0. The molecule has 0 N–H and O–H groups in total. The Kier molecular flexibility index (Phi) is 6.57. The van der Waals surface area contributed by atoms with Gasteiger partial charge in [0.1, 0.15) is 5.60 Å². The summed E-state index contributed by atoms with van der Waals surface area (Å²) in [6.45, 7) is 0. The van der Waals surface area contributed by atoms with E-state index in [1.165, 1.54) is 0 Å². The number of esters is 1. The number of carbonyl (C=O) groups is 3. The second-order valence-electron chi connectivity index (χ2n) is 8.80. The number of cyclic esters (lactones) is 1. The van der Waals surface area contributed by atoms with Gasteiger partial charge in [-0.05, 0) is 54.9 Å². The van der Waals surface area contributed by atoms with Crippen LogP contribution in [-0.4, -0.2) is 23.1 Å². The zero-order chi connectivity index (χ0) is 21.8. The van der Waals surface area contributed by atoms with Gasteiger partial charge < -0.3 is 4.74 Å². The minimum absolute atomic E-state index is 0.0608. The van der Waals surface area contributed by atoms with Crippen molar-refractivity contribution in [1.29, 1.82) is 0 Å². The van der Waals surface area contributed by atoms with E-state index in [-0.39, 0.29) is 30.3 Å². The summed E-state index contributed by atoms with van der Waals surface area (Å²) in [5.74, 6) is -2.49. The summed E-state index contributed by atoms with van der Waals surface area (Å²) in [4.78, 5) is 38.9. The molecule has 0 aromatic heterocycles. The fraction of sp³-hybridized carbons (Fsp3) is 0.423. The number of benzene rings is 2. The maximum Gasteiger partial charge on any atom is 0.324 e. The van der Waals surface area contributed by atoms with E-state index in [1.807, 2.05) is 54.6 Å². The second kappa shape index (κ2) is 9.35. The molecule has 5 heteroatoms. The van der Waals surface area contributed by atoms with Crippen LogP contribution in [0.15, 0.2) is 54.6 Å². The van der Waals surface area contributed by atoms with Gasteiger partial charge in [-0.15, -0.1) is 0 Å². The van der Waals surface area contributed by atoms with E-state index in [0.29, 0.717) is 17.9 Å². The summed E-state index contributed by atoms with van der Waals surface area (Å²) < 4.78 is 6.04. The maximum atomic E-state index is 13.1. The van der Waals surface area contributed by atoms with E-state index in [9.17, 15) is 14.4 Å². The average Bonchev–Trinajstić information content (AvgIpc) is 3.28. The molecule has 2 aromatic carbocycles. The average molecular weight is 439 g/mol. The third-order valence-corrected chi connectivity index (χ3v) is 6.94. The smallest absolute Gasteiger partial charge is 0.324 e. The highest BCUT2D eigenvalue weighted by atomic mass is 35.5. The van der Waals surface area contributed by atoms with Gasteiger partial charge in [0.2, 0.25) is 0 Å². The molecule has 162 valence electrons. The fourth-order valence-electron chi connectivity index (χ4n) is 5.11. The standard InChI is InChI=1S/C26H27ClO4/c27-21-12-6-9-19(15-21)13-14-26(20-10-4-5-11-20)17-23(29)24(25(30)31-26)22(28)16-18-7-2-1-3-8-18/h1-3,6-9,12,15,20,24H,4-5,10-11,13-14,16-17H2. The Morgan fingerprint density at radius 3 is 2.39 bits per heavy atom. The predicted octanol–water partition coefficient (Wildman–Crippen LogP) is 5.15. The number of hydrogen-bond donors (Lipinski definition) is 0. The molecule has 1 saturated carbocycles. The predicted molar refractivity (Wildman–Crippen MR) is 119 cm³/mol. The molecule has 1 saturated heterocycles. The molecule has 4 nitrogen and oxygen atoms in total. The zero-order valence-electron chi connectivity index (χ0n) is 17.5. The molecule has 2 aliphatic rings. The van der Waals surface area contributed by atoms with Crippen LogP contribution < -0.4 is 0 Å². The molecule has 2 atom stereocenters. The summed E-state index contributed by atoms with van der Waals surface area (Å²) in [7, 11) is 0. The number of ether oxygens (including phenoxy) is 1. The summed E-state index contributed by atoms with van der Waals surface area (Å²) in [6, 6.07) is 16.8. The highest BCUT2D eigenvalue weighted by Crippen LogP contribution is 2.45. The number of carbonyl (C=O) groups excluding carboxylic acids is 3. The number of ketones is 2. The number of aryl methyl sites for hydroxylation is 1. The van der Waals surface area contributed by atoms with Gasteiger partial charge in [0.25, 0.3) is 0 Å². The molecule has 0 amide bonds. The highest BCUT2D eigenvalue weighted by Gasteiger charge is 2.53. The topological polar surface area (TPSA) is 60.4 Å². The molecular weight excluding hydrogens is 412 g/mol. The van der Waals surface area contributed by atoms with Crippen molar-refractivity contribution in [3.63, 3.8) is 0 Å². The molecule has 0 radical (unpaired) electrons. The van der Waals surface area contributed by atoms with Gasteiger partial charge in [-0.1, -0.05) is 66.9 Å². The number of rotatable bonds is 7. The van der Waals surface area contributed by atoms with Crippen molar-refractivity contribution >= 4 is 29.1 Å². The first kappa shape index (κ1) is 21.8.